The summed E-state index contributed by atoms with van der Waals surface area (Å²) in [6, 6.07) is 5.21. The molecule has 0 spiro atoms. The van der Waals surface area contributed by atoms with Crippen LogP contribution in [0.5, 0.6) is 17.5 Å². The number of nitrogen functional groups attached to an aromatic ring is 1. The SMILES string of the molecule is CC(C)COc1nc(Oc2cncc(Br)c2)ccc1N. The van der Waals surface area contributed by atoms with Crippen molar-refractivity contribution in [2.24, 2.45) is 5.92 Å². The van der Waals surface area contributed by atoms with Gasteiger partial charge in [0.2, 0.25) is 11.8 Å². The Morgan fingerprint density at radius 1 is 1.30 bits per heavy atom. The third kappa shape index (κ3) is 4.09. The molecule has 0 aromatic carbocycles. The van der Waals surface area contributed by atoms with Gasteiger partial charge in [0.25, 0.3) is 0 Å². The summed E-state index contributed by atoms with van der Waals surface area (Å²) in [5, 5.41) is 0. The molecular weight excluding hydrogens is 322 g/mol. The number of nitrogens with two attached hydrogens (primary N) is 1. The molecule has 6 heteroatoms. The molecule has 2 aromatic rings. The van der Waals surface area contributed by atoms with E-state index in [2.05, 4.69) is 39.7 Å². The average Bonchev–Trinajstić information content (AvgIpc) is 2.39. The summed E-state index contributed by atoms with van der Waals surface area (Å²) in [5.74, 6) is 1.79. The zero-order valence-corrected chi connectivity index (χ0v) is 12.9. The van der Waals surface area contributed by atoms with E-state index in [0.717, 1.165) is 4.47 Å². The summed E-state index contributed by atoms with van der Waals surface area (Å²) in [6.45, 7) is 4.67. The minimum atomic E-state index is 0.388. The third-order valence-corrected chi connectivity index (χ3v) is 2.75. The second-order valence-corrected chi connectivity index (χ2v) is 5.61. The monoisotopic (exact) mass is 337 g/mol. The second-order valence-electron chi connectivity index (χ2n) is 4.69. The fourth-order valence-electron chi connectivity index (χ4n) is 1.42. The molecule has 0 amide bonds. The van der Waals surface area contributed by atoms with Gasteiger partial charge in [-0.05, 0) is 34.0 Å². The van der Waals surface area contributed by atoms with Crippen LogP contribution in [0.3, 0.4) is 0 Å². The molecule has 0 aliphatic carbocycles. The maximum Gasteiger partial charge on any atom is 0.240 e. The van der Waals surface area contributed by atoms with Crippen molar-refractivity contribution in [1.82, 2.24) is 9.97 Å². The van der Waals surface area contributed by atoms with Gasteiger partial charge in [-0.2, -0.15) is 4.98 Å². The van der Waals surface area contributed by atoms with Crippen molar-refractivity contribution in [3.63, 3.8) is 0 Å². The van der Waals surface area contributed by atoms with Crippen LogP contribution in [-0.4, -0.2) is 16.6 Å². The zero-order valence-electron chi connectivity index (χ0n) is 11.3. The Morgan fingerprint density at radius 2 is 2.10 bits per heavy atom. The van der Waals surface area contributed by atoms with Crippen molar-refractivity contribution >= 4 is 21.6 Å². The first kappa shape index (κ1) is 14.6. The molecule has 0 atom stereocenters. The number of ether oxygens (including phenoxy) is 2. The van der Waals surface area contributed by atoms with E-state index in [4.69, 9.17) is 15.2 Å². The highest BCUT2D eigenvalue weighted by Crippen LogP contribution is 2.27. The Kier molecular flexibility index (Phi) is 4.79. The number of hydrogen-bond donors (Lipinski definition) is 1. The molecule has 5 nitrogen and oxygen atoms in total. The lowest BCUT2D eigenvalue weighted by molar-refractivity contribution is 0.260. The number of halogens is 1. The maximum absolute atomic E-state index is 5.83. The second kappa shape index (κ2) is 6.56. The Labute approximate surface area is 126 Å². The van der Waals surface area contributed by atoms with Crippen molar-refractivity contribution in [2.75, 3.05) is 12.3 Å². The van der Waals surface area contributed by atoms with Crippen molar-refractivity contribution in [3.8, 4) is 17.5 Å². The van der Waals surface area contributed by atoms with Gasteiger partial charge in [-0.3, -0.25) is 4.98 Å². The fraction of sp³-hybridized carbons (Fsp3) is 0.286. The Bertz CT molecular complexity index is 590. The molecular formula is C14H16BrN3O2. The standard InChI is InChI=1S/C14H16BrN3O2/c1-9(2)8-19-14-12(16)3-4-13(18-14)20-11-5-10(15)6-17-7-11/h3-7,9H,8,16H2,1-2H3. The van der Waals surface area contributed by atoms with E-state index in [1.165, 1.54) is 0 Å². The predicted molar refractivity (Wildman–Crippen MR) is 81.0 cm³/mol. The van der Waals surface area contributed by atoms with Gasteiger partial charge >= 0.3 is 0 Å². The van der Waals surface area contributed by atoms with E-state index in [-0.39, 0.29) is 0 Å². The normalized spacial score (nSPS) is 10.6. The first-order valence-corrected chi connectivity index (χ1v) is 7.01. The summed E-state index contributed by atoms with van der Waals surface area (Å²) in [6.07, 6.45) is 3.29. The summed E-state index contributed by atoms with van der Waals surface area (Å²) in [4.78, 5) is 8.28. The third-order valence-electron chi connectivity index (χ3n) is 2.32. The zero-order chi connectivity index (χ0) is 14.5. The number of rotatable bonds is 5. The van der Waals surface area contributed by atoms with Crippen LogP contribution in [0, 0.1) is 5.92 Å². The molecule has 0 unspecified atom stereocenters. The first-order valence-electron chi connectivity index (χ1n) is 6.22. The highest BCUT2D eigenvalue weighted by molar-refractivity contribution is 9.10. The molecule has 0 aliphatic rings. The van der Waals surface area contributed by atoms with Gasteiger partial charge in [-0.15, -0.1) is 0 Å². The van der Waals surface area contributed by atoms with E-state index in [0.29, 0.717) is 35.7 Å². The van der Waals surface area contributed by atoms with Crippen LogP contribution in [-0.2, 0) is 0 Å². The van der Waals surface area contributed by atoms with Crippen LogP contribution in [0.15, 0.2) is 35.1 Å². The minimum Gasteiger partial charge on any atom is -0.476 e. The van der Waals surface area contributed by atoms with Crippen molar-refractivity contribution in [2.45, 2.75) is 13.8 Å². The summed E-state index contributed by atoms with van der Waals surface area (Å²) < 4.78 is 12.0. The fourth-order valence-corrected chi connectivity index (χ4v) is 1.77. The summed E-state index contributed by atoms with van der Waals surface area (Å²) >= 11 is 3.33. The van der Waals surface area contributed by atoms with Gasteiger partial charge in [0.15, 0.2) is 0 Å². The molecule has 20 heavy (non-hydrogen) atoms. The Morgan fingerprint density at radius 3 is 2.80 bits per heavy atom. The molecule has 2 N–H and O–H groups in total. The van der Waals surface area contributed by atoms with Crippen LogP contribution < -0.4 is 15.2 Å². The van der Waals surface area contributed by atoms with Gasteiger partial charge in [0.1, 0.15) is 5.75 Å². The lowest BCUT2D eigenvalue weighted by Gasteiger charge is -2.11. The van der Waals surface area contributed by atoms with Gasteiger partial charge in [0, 0.05) is 16.7 Å². The van der Waals surface area contributed by atoms with Crippen molar-refractivity contribution in [3.05, 3.63) is 35.1 Å². The van der Waals surface area contributed by atoms with E-state index < -0.39 is 0 Å². The molecule has 0 saturated carbocycles. The van der Waals surface area contributed by atoms with Gasteiger partial charge in [0.05, 0.1) is 18.5 Å². The largest absolute Gasteiger partial charge is 0.476 e. The molecule has 2 aromatic heterocycles. The molecule has 106 valence electrons. The lowest BCUT2D eigenvalue weighted by atomic mass is 10.2. The molecule has 0 fully saturated rings. The lowest BCUT2D eigenvalue weighted by Crippen LogP contribution is -2.07. The number of aromatic nitrogens is 2. The van der Waals surface area contributed by atoms with E-state index in [9.17, 15) is 0 Å². The topological polar surface area (TPSA) is 70.3 Å². The minimum absolute atomic E-state index is 0.388. The van der Waals surface area contributed by atoms with Gasteiger partial charge in [-0.25, -0.2) is 0 Å². The van der Waals surface area contributed by atoms with E-state index in [1.54, 1.807) is 30.6 Å². The van der Waals surface area contributed by atoms with Crippen LogP contribution >= 0.6 is 15.9 Å². The molecule has 2 heterocycles. The average molecular weight is 338 g/mol. The van der Waals surface area contributed by atoms with Crippen molar-refractivity contribution < 1.29 is 9.47 Å². The Balaban J connectivity index is 2.14. The Hall–Kier alpha value is -1.82. The van der Waals surface area contributed by atoms with E-state index in [1.807, 2.05) is 0 Å². The predicted octanol–water partition coefficient (Wildman–Crippen LogP) is 3.65. The highest BCUT2D eigenvalue weighted by atomic mass is 79.9. The molecule has 0 saturated heterocycles. The summed E-state index contributed by atoms with van der Waals surface area (Å²) in [5.41, 5.74) is 6.32. The smallest absolute Gasteiger partial charge is 0.240 e. The number of anilines is 1. The number of nitrogens with zero attached hydrogens (tertiary/aromatic N) is 2. The maximum atomic E-state index is 5.83. The highest BCUT2D eigenvalue weighted by Gasteiger charge is 2.07. The van der Waals surface area contributed by atoms with E-state index >= 15 is 0 Å². The molecule has 0 aliphatic heterocycles. The van der Waals surface area contributed by atoms with Crippen LogP contribution in [0.4, 0.5) is 5.69 Å². The summed E-state index contributed by atoms with van der Waals surface area (Å²) in [7, 11) is 0. The quantitative estimate of drug-likeness (QED) is 0.901. The molecule has 2 rings (SSSR count). The molecule has 0 radical (unpaired) electrons. The van der Waals surface area contributed by atoms with Crippen molar-refractivity contribution in [1.29, 1.82) is 0 Å². The number of pyridine rings is 2. The molecule has 0 bridgehead atoms. The number of hydrogen-bond acceptors (Lipinski definition) is 5. The van der Waals surface area contributed by atoms with Crippen LogP contribution in [0.25, 0.3) is 0 Å². The van der Waals surface area contributed by atoms with Gasteiger partial charge in [-0.1, -0.05) is 13.8 Å². The van der Waals surface area contributed by atoms with Gasteiger partial charge < -0.3 is 15.2 Å². The first-order chi connectivity index (χ1) is 9.54. The van der Waals surface area contributed by atoms with Crippen LogP contribution in [0.1, 0.15) is 13.8 Å². The van der Waals surface area contributed by atoms with Crippen LogP contribution in [0.2, 0.25) is 0 Å².